The highest BCUT2D eigenvalue weighted by Crippen LogP contribution is 2.31. The fourth-order valence-corrected chi connectivity index (χ4v) is 6.81. The summed E-state index contributed by atoms with van der Waals surface area (Å²) in [6, 6.07) is 18.4. The quantitative estimate of drug-likeness (QED) is 0.254. The number of benzene rings is 3. The van der Waals surface area contributed by atoms with Crippen molar-refractivity contribution in [2.24, 2.45) is 0 Å². The molecule has 1 fully saturated rings. The zero-order valence-corrected chi connectivity index (χ0v) is 25.7. The first kappa shape index (κ1) is 31.2. The molecule has 3 aromatic rings. The van der Waals surface area contributed by atoms with Crippen LogP contribution >= 0.6 is 34.8 Å². The molecule has 4 rings (SSSR count). The van der Waals surface area contributed by atoms with Crippen LogP contribution in [0.1, 0.15) is 44.6 Å². The Morgan fingerprint density at radius 2 is 1.59 bits per heavy atom. The van der Waals surface area contributed by atoms with Gasteiger partial charge in [0.05, 0.1) is 20.6 Å². The number of rotatable bonds is 11. The van der Waals surface area contributed by atoms with E-state index in [2.05, 4.69) is 5.32 Å². The number of carbonyl (C=O) groups is 2. The predicted octanol–water partition coefficient (Wildman–Crippen LogP) is 6.71. The third kappa shape index (κ3) is 7.74. The van der Waals surface area contributed by atoms with Crippen molar-refractivity contribution >= 4 is 62.3 Å². The van der Waals surface area contributed by atoms with E-state index in [0.29, 0.717) is 11.4 Å². The molecule has 0 aromatic heterocycles. The van der Waals surface area contributed by atoms with Crippen molar-refractivity contribution in [3.63, 3.8) is 0 Å². The highest BCUT2D eigenvalue weighted by atomic mass is 35.5. The minimum atomic E-state index is -4.20. The van der Waals surface area contributed by atoms with E-state index in [1.54, 1.807) is 42.5 Å². The monoisotopic (exact) mass is 635 g/mol. The lowest BCUT2D eigenvalue weighted by molar-refractivity contribution is -0.140. The maximum absolute atomic E-state index is 14.1. The Morgan fingerprint density at radius 3 is 2.20 bits per heavy atom. The molecule has 11 heteroatoms. The van der Waals surface area contributed by atoms with Crippen LogP contribution in [-0.4, -0.2) is 43.8 Å². The second kappa shape index (κ2) is 13.9. The number of hydrogen-bond donors (Lipinski definition) is 1. The van der Waals surface area contributed by atoms with Gasteiger partial charge in [-0.15, -0.1) is 0 Å². The van der Waals surface area contributed by atoms with Crippen LogP contribution in [0.4, 0.5) is 5.69 Å². The van der Waals surface area contributed by atoms with Gasteiger partial charge in [-0.05, 0) is 67.3 Å². The summed E-state index contributed by atoms with van der Waals surface area (Å²) in [5.41, 5.74) is 0.924. The Labute approximate surface area is 256 Å². The summed E-state index contributed by atoms with van der Waals surface area (Å²) >= 11 is 18.4. The number of anilines is 1. The molecule has 7 nitrogen and oxygen atoms in total. The van der Waals surface area contributed by atoms with Gasteiger partial charge in [0.15, 0.2) is 0 Å². The van der Waals surface area contributed by atoms with Gasteiger partial charge in [0, 0.05) is 17.6 Å². The molecular weight excluding hydrogens is 605 g/mol. The predicted molar refractivity (Wildman–Crippen MR) is 164 cm³/mol. The standard InChI is InChI=1S/C30H32Cl3N3O4S/c1-2-28(30(38)34-23-8-6-7-9-23)35(19-21-12-14-22(31)15-13-21)29(37)20-36(24-16-17-26(32)27(33)18-24)41(39,40)25-10-4-3-5-11-25/h3-5,10-18,23,28H,2,6-9,19-20H2,1H3,(H,34,38). The Balaban J connectivity index is 1.72. The van der Waals surface area contributed by atoms with Gasteiger partial charge in [0.2, 0.25) is 11.8 Å². The van der Waals surface area contributed by atoms with Crippen molar-refractivity contribution in [1.82, 2.24) is 10.2 Å². The number of sulfonamides is 1. The minimum Gasteiger partial charge on any atom is -0.352 e. The molecule has 1 N–H and O–H groups in total. The average molecular weight is 637 g/mol. The second-order valence-corrected chi connectivity index (χ2v) is 13.1. The molecule has 1 aliphatic rings. The van der Waals surface area contributed by atoms with E-state index >= 15 is 0 Å². The molecule has 41 heavy (non-hydrogen) atoms. The van der Waals surface area contributed by atoms with Crippen LogP contribution in [0.15, 0.2) is 77.7 Å². The van der Waals surface area contributed by atoms with E-state index in [9.17, 15) is 18.0 Å². The smallest absolute Gasteiger partial charge is 0.264 e. The third-order valence-electron chi connectivity index (χ3n) is 7.15. The van der Waals surface area contributed by atoms with E-state index in [1.807, 2.05) is 6.92 Å². The Kier molecular flexibility index (Phi) is 10.6. The topological polar surface area (TPSA) is 86.8 Å². The molecule has 1 unspecified atom stereocenters. The molecule has 0 heterocycles. The lowest BCUT2D eigenvalue weighted by Crippen LogP contribution is -2.53. The van der Waals surface area contributed by atoms with Gasteiger partial charge in [-0.1, -0.05) is 84.9 Å². The Morgan fingerprint density at radius 1 is 0.927 bits per heavy atom. The molecule has 2 amide bonds. The van der Waals surface area contributed by atoms with Gasteiger partial charge in [0.25, 0.3) is 10.0 Å². The summed E-state index contributed by atoms with van der Waals surface area (Å²) in [7, 11) is -4.20. The van der Waals surface area contributed by atoms with Gasteiger partial charge in [-0.25, -0.2) is 8.42 Å². The minimum absolute atomic E-state index is 0.00846. The number of halogens is 3. The first-order valence-electron chi connectivity index (χ1n) is 13.5. The molecule has 0 saturated heterocycles. The lowest BCUT2D eigenvalue weighted by Gasteiger charge is -2.34. The molecule has 1 saturated carbocycles. The molecule has 218 valence electrons. The number of carbonyl (C=O) groups excluding carboxylic acids is 2. The van der Waals surface area contributed by atoms with Crippen LogP contribution < -0.4 is 9.62 Å². The van der Waals surface area contributed by atoms with Gasteiger partial charge in [0.1, 0.15) is 12.6 Å². The Bertz CT molecular complexity index is 1460. The highest BCUT2D eigenvalue weighted by molar-refractivity contribution is 7.92. The van der Waals surface area contributed by atoms with Gasteiger partial charge >= 0.3 is 0 Å². The van der Waals surface area contributed by atoms with Crippen molar-refractivity contribution in [2.45, 2.75) is 62.6 Å². The van der Waals surface area contributed by atoms with Crippen LogP contribution in [0.2, 0.25) is 15.1 Å². The van der Waals surface area contributed by atoms with E-state index < -0.39 is 28.5 Å². The number of nitrogens with zero attached hydrogens (tertiary/aromatic N) is 2. The first-order chi connectivity index (χ1) is 19.6. The summed E-state index contributed by atoms with van der Waals surface area (Å²) < 4.78 is 28.7. The van der Waals surface area contributed by atoms with Crippen LogP contribution in [0, 0.1) is 0 Å². The lowest BCUT2D eigenvalue weighted by atomic mass is 10.1. The number of hydrogen-bond acceptors (Lipinski definition) is 4. The summed E-state index contributed by atoms with van der Waals surface area (Å²) in [6.45, 7) is 1.36. The van der Waals surface area contributed by atoms with E-state index in [-0.39, 0.29) is 39.1 Å². The Hall–Kier alpha value is -2.78. The fraction of sp³-hybridized carbons (Fsp3) is 0.333. The maximum atomic E-state index is 14.1. The van der Waals surface area contributed by atoms with Gasteiger partial charge < -0.3 is 10.2 Å². The van der Waals surface area contributed by atoms with Crippen LogP contribution in [0.5, 0.6) is 0 Å². The zero-order chi connectivity index (χ0) is 29.6. The van der Waals surface area contributed by atoms with Crippen molar-refractivity contribution in [3.8, 4) is 0 Å². The molecule has 1 atom stereocenters. The molecule has 0 bridgehead atoms. The third-order valence-corrected chi connectivity index (χ3v) is 9.93. The summed E-state index contributed by atoms with van der Waals surface area (Å²) in [4.78, 5) is 29.1. The molecule has 0 spiro atoms. The molecule has 3 aromatic carbocycles. The van der Waals surface area contributed by atoms with E-state index in [1.165, 1.54) is 35.2 Å². The SMILES string of the molecule is CCC(C(=O)NC1CCCC1)N(Cc1ccc(Cl)cc1)C(=O)CN(c1ccc(Cl)c(Cl)c1)S(=O)(=O)c1ccccc1. The van der Waals surface area contributed by atoms with Crippen LogP contribution in [0.3, 0.4) is 0 Å². The molecule has 0 aliphatic heterocycles. The van der Waals surface area contributed by atoms with Crippen molar-refractivity contribution in [1.29, 1.82) is 0 Å². The fourth-order valence-electron chi connectivity index (χ4n) is 4.96. The highest BCUT2D eigenvalue weighted by Gasteiger charge is 2.34. The largest absolute Gasteiger partial charge is 0.352 e. The molecule has 0 radical (unpaired) electrons. The number of amides is 2. The van der Waals surface area contributed by atoms with Gasteiger partial charge in [-0.2, -0.15) is 0 Å². The maximum Gasteiger partial charge on any atom is 0.264 e. The van der Waals surface area contributed by atoms with Crippen molar-refractivity contribution in [2.75, 3.05) is 10.8 Å². The van der Waals surface area contributed by atoms with E-state index in [0.717, 1.165) is 35.6 Å². The number of nitrogens with one attached hydrogen (secondary N) is 1. The summed E-state index contributed by atoms with van der Waals surface area (Å²) in [5, 5.41) is 4.03. The normalized spacial score (nSPS) is 14.4. The van der Waals surface area contributed by atoms with Crippen LogP contribution in [0.25, 0.3) is 0 Å². The first-order valence-corrected chi connectivity index (χ1v) is 16.0. The van der Waals surface area contributed by atoms with Crippen molar-refractivity contribution < 1.29 is 18.0 Å². The second-order valence-electron chi connectivity index (χ2n) is 9.99. The molecular formula is C30H32Cl3N3O4S. The average Bonchev–Trinajstić information content (AvgIpc) is 3.47. The van der Waals surface area contributed by atoms with Crippen LogP contribution in [-0.2, 0) is 26.2 Å². The summed E-state index contributed by atoms with van der Waals surface area (Å²) in [5.74, 6) is -0.798. The van der Waals surface area contributed by atoms with Crippen molar-refractivity contribution in [3.05, 3.63) is 93.4 Å². The van der Waals surface area contributed by atoms with E-state index in [4.69, 9.17) is 34.8 Å². The summed E-state index contributed by atoms with van der Waals surface area (Å²) in [6.07, 6.45) is 4.23. The molecule has 1 aliphatic carbocycles. The zero-order valence-electron chi connectivity index (χ0n) is 22.6. The van der Waals surface area contributed by atoms with Gasteiger partial charge in [-0.3, -0.25) is 13.9 Å².